The summed E-state index contributed by atoms with van der Waals surface area (Å²) in [7, 11) is -4.37. The predicted molar refractivity (Wildman–Crippen MR) is 156 cm³/mol. The average molecular weight is 609 g/mol. The van der Waals surface area contributed by atoms with Gasteiger partial charge < -0.3 is 10.2 Å². The van der Waals surface area contributed by atoms with Crippen molar-refractivity contribution in [3.63, 3.8) is 0 Å². The molecule has 0 heterocycles. The van der Waals surface area contributed by atoms with Crippen LogP contribution in [0.5, 0.6) is 0 Å². The maximum absolute atomic E-state index is 15.0. The van der Waals surface area contributed by atoms with Gasteiger partial charge in [0, 0.05) is 28.7 Å². The van der Waals surface area contributed by atoms with E-state index in [1.807, 2.05) is 6.92 Å². The van der Waals surface area contributed by atoms with E-state index in [-0.39, 0.29) is 33.6 Å². The number of carbonyl (C=O) groups excluding carboxylic acids is 2. The van der Waals surface area contributed by atoms with Crippen LogP contribution in [0, 0.1) is 5.82 Å². The monoisotopic (exact) mass is 607 g/mol. The van der Waals surface area contributed by atoms with Crippen LogP contribution in [-0.4, -0.2) is 44.3 Å². The summed E-state index contributed by atoms with van der Waals surface area (Å²) in [5.74, 6) is -1.94. The summed E-state index contributed by atoms with van der Waals surface area (Å²) < 4.78 is 43.2. The van der Waals surface area contributed by atoms with Gasteiger partial charge in [-0.05, 0) is 49.2 Å². The van der Waals surface area contributed by atoms with Crippen molar-refractivity contribution in [2.45, 2.75) is 50.6 Å². The Morgan fingerprint density at radius 2 is 1.55 bits per heavy atom. The average Bonchev–Trinajstić information content (AvgIpc) is 2.94. The summed E-state index contributed by atoms with van der Waals surface area (Å²) >= 11 is 12.8. The molecule has 7 nitrogen and oxygen atoms in total. The smallest absolute Gasteiger partial charge is 0.264 e. The third kappa shape index (κ3) is 7.53. The molecule has 0 fully saturated rings. The summed E-state index contributed by atoms with van der Waals surface area (Å²) in [5.41, 5.74) is 0.109. The number of unbranched alkanes of at least 4 members (excludes halogenated alkanes) is 1. The molecular weight excluding hydrogens is 576 g/mol. The Balaban J connectivity index is 2.08. The number of sulfonamides is 1. The molecule has 40 heavy (non-hydrogen) atoms. The number of rotatable bonds is 13. The summed E-state index contributed by atoms with van der Waals surface area (Å²) in [5, 5.41) is 3.42. The second kappa shape index (κ2) is 14.5. The first kappa shape index (κ1) is 31.4. The van der Waals surface area contributed by atoms with Crippen molar-refractivity contribution >= 4 is 50.7 Å². The van der Waals surface area contributed by atoms with Gasteiger partial charge in [-0.2, -0.15) is 0 Å². The van der Waals surface area contributed by atoms with Crippen LogP contribution in [-0.2, 0) is 26.2 Å². The molecular formula is C29H32Cl2FN3O4S. The minimum atomic E-state index is -4.37. The quantitative estimate of drug-likeness (QED) is 0.240. The van der Waals surface area contributed by atoms with Crippen molar-refractivity contribution < 1.29 is 22.4 Å². The Labute approximate surface area is 244 Å². The summed E-state index contributed by atoms with van der Waals surface area (Å²) in [6, 6.07) is 16.7. The van der Waals surface area contributed by atoms with E-state index in [0.29, 0.717) is 12.1 Å². The van der Waals surface area contributed by atoms with Gasteiger partial charge in [-0.1, -0.05) is 79.9 Å². The first-order valence-electron chi connectivity index (χ1n) is 12.9. The maximum Gasteiger partial charge on any atom is 0.264 e. The Bertz CT molecular complexity index is 1400. The zero-order valence-electron chi connectivity index (χ0n) is 22.3. The van der Waals surface area contributed by atoms with E-state index in [1.165, 1.54) is 47.4 Å². The van der Waals surface area contributed by atoms with Crippen LogP contribution in [0.25, 0.3) is 0 Å². The summed E-state index contributed by atoms with van der Waals surface area (Å²) in [6.07, 6.45) is 1.85. The molecule has 214 valence electrons. The van der Waals surface area contributed by atoms with Crippen LogP contribution in [0.15, 0.2) is 77.7 Å². The Hall–Kier alpha value is -3.14. The molecule has 3 aromatic rings. The van der Waals surface area contributed by atoms with Gasteiger partial charge in [-0.25, -0.2) is 12.8 Å². The highest BCUT2D eigenvalue weighted by atomic mass is 35.5. The fourth-order valence-corrected chi connectivity index (χ4v) is 6.13. The SMILES string of the molecule is CCCCNC(=O)[C@@H](CC)N(Cc1c(Cl)cccc1Cl)C(=O)CN(c1ccccc1F)S(=O)(=O)c1ccccc1. The number of para-hydroxylation sites is 1. The van der Waals surface area contributed by atoms with E-state index >= 15 is 0 Å². The molecule has 0 saturated heterocycles. The molecule has 1 atom stereocenters. The fraction of sp³-hybridized carbons (Fsp3) is 0.310. The lowest BCUT2D eigenvalue weighted by Gasteiger charge is -2.33. The van der Waals surface area contributed by atoms with Crippen LogP contribution < -0.4 is 9.62 Å². The fourth-order valence-electron chi connectivity index (χ4n) is 4.17. The number of amides is 2. The molecule has 0 aromatic heterocycles. The lowest BCUT2D eigenvalue weighted by molar-refractivity contribution is -0.140. The first-order chi connectivity index (χ1) is 19.1. The number of nitrogens with one attached hydrogen (secondary N) is 1. The molecule has 0 bridgehead atoms. The molecule has 0 saturated carbocycles. The van der Waals surface area contributed by atoms with Gasteiger partial charge in [-0.3, -0.25) is 13.9 Å². The Kier molecular flexibility index (Phi) is 11.4. The molecule has 11 heteroatoms. The molecule has 0 unspecified atom stereocenters. The minimum absolute atomic E-state index is 0.115. The number of anilines is 1. The van der Waals surface area contributed by atoms with Crippen LogP contribution in [0.1, 0.15) is 38.7 Å². The van der Waals surface area contributed by atoms with Crippen LogP contribution in [0.3, 0.4) is 0 Å². The standard InChI is InChI=1S/C29H32Cl2FN3O4S/c1-3-5-18-33-29(37)26(4-2)34(19-22-23(30)14-11-15-24(22)31)28(36)20-35(27-17-10-9-16-25(27)32)40(38,39)21-12-7-6-8-13-21/h6-17,26H,3-5,18-20H2,1-2H3,(H,33,37)/t26-/m1/s1. The Morgan fingerprint density at radius 3 is 2.15 bits per heavy atom. The van der Waals surface area contributed by atoms with Gasteiger partial charge >= 0.3 is 0 Å². The molecule has 1 N–H and O–H groups in total. The van der Waals surface area contributed by atoms with Gasteiger partial charge in [0.05, 0.1) is 10.6 Å². The van der Waals surface area contributed by atoms with Crippen molar-refractivity contribution in [2.75, 3.05) is 17.4 Å². The zero-order chi connectivity index (χ0) is 29.3. The lowest BCUT2D eigenvalue weighted by Crippen LogP contribution is -2.52. The number of hydrogen-bond donors (Lipinski definition) is 1. The highest BCUT2D eigenvalue weighted by Gasteiger charge is 2.35. The molecule has 3 aromatic carbocycles. The highest BCUT2D eigenvalue weighted by Crippen LogP contribution is 2.29. The molecule has 0 aliphatic carbocycles. The van der Waals surface area contributed by atoms with Gasteiger partial charge in [0.25, 0.3) is 10.0 Å². The molecule has 0 spiro atoms. The van der Waals surface area contributed by atoms with Crippen LogP contribution in [0.4, 0.5) is 10.1 Å². The topological polar surface area (TPSA) is 86.8 Å². The summed E-state index contributed by atoms with van der Waals surface area (Å²) in [6.45, 7) is 3.23. The van der Waals surface area contributed by atoms with Crippen molar-refractivity contribution in [1.82, 2.24) is 10.2 Å². The molecule has 3 rings (SSSR count). The van der Waals surface area contributed by atoms with Gasteiger partial charge in [0.1, 0.15) is 18.4 Å². The molecule has 0 aliphatic heterocycles. The number of benzene rings is 3. The zero-order valence-corrected chi connectivity index (χ0v) is 24.6. The largest absolute Gasteiger partial charge is 0.354 e. The van der Waals surface area contributed by atoms with E-state index in [9.17, 15) is 22.4 Å². The first-order valence-corrected chi connectivity index (χ1v) is 15.1. The normalized spacial score (nSPS) is 12.0. The van der Waals surface area contributed by atoms with Crippen molar-refractivity contribution in [2.24, 2.45) is 0 Å². The summed E-state index contributed by atoms with van der Waals surface area (Å²) in [4.78, 5) is 28.4. The number of carbonyl (C=O) groups is 2. The van der Waals surface area contributed by atoms with E-state index in [1.54, 1.807) is 31.2 Å². The molecule has 2 amide bonds. The molecule has 0 radical (unpaired) electrons. The van der Waals surface area contributed by atoms with Crippen LogP contribution >= 0.6 is 23.2 Å². The van der Waals surface area contributed by atoms with E-state index in [0.717, 1.165) is 23.2 Å². The lowest BCUT2D eigenvalue weighted by atomic mass is 10.1. The Morgan fingerprint density at radius 1 is 0.925 bits per heavy atom. The van der Waals surface area contributed by atoms with Crippen LogP contribution in [0.2, 0.25) is 10.0 Å². The third-order valence-electron chi connectivity index (χ3n) is 6.34. The second-order valence-corrected chi connectivity index (χ2v) is 11.7. The van der Waals surface area contributed by atoms with Crippen molar-refractivity contribution in [3.8, 4) is 0 Å². The van der Waals surface area contributed by atoms with Crippen molar-refractivity contribution in [3.05, 3.63) is 94.2 Å². The van der Waals surface area contributed by atoms with E-state index in [2.05, 4.69) is 5.32 Å². The van der Waals surface area contributed by atoms with Crippen molar-refractivity contribution in [1.29, 1.82) is 0 Å². The predicted octanol–water partition coefficient (Wildman–Crippen LogP) is 6.05. The maximum atomic E-state index is 15.0. The minimum Gasteiger partial charge on any atom is -0.354 e. The number of nitrogens with zero attached hydrogens (tertiary/aromatic N) is 2. The van der Waals surface area contributed by atoms with E-state index < -0.39 is 40.2 Å². The third-order valence-corrected chi connectivity index (χ3v) is 8.82. The van der Waals surface area contributed by atoms with E-state index in [4.69, 9.17) is 23.2 Å². The van der Waals surface area contributed by atoms with Gasteiger partial charge in [-0.15, -0.1) is 0 Å². The number of halogens is 3. The second-order valence-electron chi connectivity index (χ2n) is 9.07. The highest BCUT2D eigenvalue weighted by molar-refractivity contribution is 7.92. The molecule has 0 aliphatic rings. The van der Waals surface area contributed by atoms with Gasteiger partial charge in [0.15, 0.2) is 0 Å². The van der Waals surface area contributed by atoms with Gasteiger partial charge in [0.2, 0.25) is 11.8 Å². The number of hydrogen-bond acceptors (Lipinski definition) is 4.